The van der Waals surface area contributed by atoms with Gasteiger partial charge in [0.25, 0.3) is 5.91 Å². The number of carbonyl (C=O) groups excluding carboxylic acids is 1. The fourth-order valence-corrected chi connectivity index (χ4v) is 3.95. The number of aliphatic hydroxyl groups excluding tert-OH is 1. The third-order valence-corrected chi connectivity index (χ3v) is 5.65. The van der Waals surface area contributed by atoms with Crippen LogP contribution in [0.2, 0.25) is 0 Å². The van der Waals surface area contributed by atoms with E-state index in [0.29, 0.717) is 25.4 Å². The van der Waals surface area contributed by atoms with Gasteiger partial charge in [-0.2, -0.15) is 0 Å². The van der Waals surface area contributed by atoms with Crippen LogP contribution in [0.4, 0.5) is 0 Å². The molecule has 0 spiro atoms. The summed E-state index contributed by atoms with van der Waals surface area (Å²) in [5.41, 5.74) is 2.97. The zero-order valence-corrected chi connectivity index (χ0v) is 14.9. The topological polar surface area (TPSA) is 79.5 Å². The number of likely N-dealkylation sites (tertiary alicyclic amines) is 1. The molecule has 0 radical (unpaired) electrons. The Bertz CT molecular complexity index is 990. The van der Waals surface area contributed by atoms with Crippen LogP contribution in [0.15, 0.2) is 47.1 Å². The minimum Gasteiger partial charge on any atom is -0.391 e. The van der Waals surface area contributed by atoms with Crippen molar-refractivity contribution in [3.05, 3.63) is 59.6 Å². The summed E-state index contributed by atoms with van der Waals surface area (Å²) in [6, 6.07) is 11.8. The van der Waals surface area contributed by atoms with Gasteiger partial charge >= 0.3 is 0 Å². The second-order valence-corrected chi connectivity index (χ2v) is 7.62. The fraction of sp³-hybridized carbons (Fsp3) is 0.381. The van der Waals surface area contributed by atoms with Gasteiger partial charge in [-0.25, -0.2) is 0 Å². The average Bonchev–Trinajstić information content (AvgIpc) is 3.31. The van der Waals surface area contributed by atoms with Crippen molar-refractivity contribution < 1.29 is 14.4 Å². The lowest BCUT2D eigenvalue weighted by atomic mass is 9.94. The first-order valence-corrected chi connectivity index (χ1v) is 9.45. The summed E-state index contributed by atoms with van der Waals surface area (Å²) in [7, 11) is 0. The van der Waals surface area contributed by atoms with Crippen molar-refractivity contribution >= 4 is 16.8 Å². The summed E-state index contributed by atoms with van der Waals surface area (Å²) in [6.45, 7) is 0.835. The van der Waals surface area contributed by atoms with Gasteiger partial charge in [0.05, 0.1) is 17.3 Å². The van der Waals surface area contributed by atoms with Gasteiger partial charge in [0, 0.05) is 42.6 Å². The number of aliphatic hydroxyl groups is 1. The Hall–Kier alpha value is -2.73. The van der Waals surface area contributed by atoms with E-state index in [1.54, 1.807) is 17.2 Å². The zero-order chi connectivity index (χ0) is 18.4. The third kappa shape index (κ3) is 3.10. The second-order valence-electron chi connectivity index (χ2n) is 7.62. The maximum absolute atomic E-state index is 12.7. The van der Waals surface area contributed by atoms with E-state index in [4.69, 9.17) is 4.52 Å². The summed E-state index contributed by atoms with van der Waals surface area (Å²) in [6.07, 6.45) is 4.19. The van der Waals surface area contributed by atoms with E-state index in [2.05, 4.69) is 16.2 Å². The predicted molar refractivity (Wildman–Crippen MR) is 99.3 cm³/mol. The lowest BCUT2D eigenvalue weighted by Crippen LogP contribution is -2.29. The molecule has 3 aromatic rings. The number of hydrogen-bond acceptors (Lipinski definition) is 5. The van der Waals surface area contributed by atoms with Crippen LogP contribution in [0, 0.1) is 5.92 Å². The van der Waals surface area contributed by atoms with Crippen molar-refractivity contribution in [2.75, 3.05) is 13.1 Å². The summed E-state index contributed by atoms with van der Waals surface area (Å²) >= 11 is 0. The molecule has 0 unspecified atom stereocenters. The van der Waals surface area contributed by atoms with Gasteiger partial charge in [-0.05, 0) is 37.0 Å². The Balaban J connectivity index is 1.32. The Labute approximate surface area is 156 Å². The van der Waals surface area contributed by atoms with Gasteiger partial charge in [-0.1, -0.05) is 23.4 Å². The van der Waals surface area contributed by atoms with Crippen molar-refractivity contribution in [3.8, 4) is 0 Å². The first-order chi connectivity index (χ1) is 13.2. The van der Waals surface area contributed by atoms with Crippen molar-refractivity contribution in [2.24, 2.45) is 5.92 Å². The second kappa shape index (κ2) is 6.46. The van der Waals surface area contributed by atoms with E-state index < -0.39 is 6.10 Å². The van der Waals surface area contributed by atoms with Crippen molar-refractivity contribution in [2.45, 2.75) is 31.3 Å². The normalized spacial score (nSPS) is 22.5. The number of fused-ring (bicyclic) bond motifs is 1. The predicted octanol–water partition coefficient (Wildman–Crippen LogP) is 2.78. The molecule has 138 valence electrons. The molecule has 27 heavy (non-hydrogen) atoms. The summed E-state index contributed by atoms with van der Waals surface area (Å²) < 4.78 is 5.26. The van der Waals surface area contributed by atoms with Crippen LogP contribution in [0.1, 0.15) is 40.6 Å². The number of rotatable bonds is 4. The molecule has 2 aliphatic rings. The molecule has 3 heterocycles. The number of amides is 1. The molecule has 6 nitrogen and oxygen atoms in total. The number of hydrogen-bond donors (Lipinski definition) is 1. The Morgan fingerprint density at radius 1 is 1.22 bits per heavy atom. The molecule has 1 saturated heterocycles. The first kappa shape index (κ1) is 16.4. The van der Waals surface area contributed by atoms with Crippen LogP contribution in [0.3, 0.4) is 0 Å². The van der Waals surface area contributed by atoms with E-state index in [1.807, 2.05) is 24.3 Å². The molecule has 1 saturated carbocycles. The minimum absolute atomic E-state index is 0.00872. The molecular formula is C21H21N3O3. The number of aromatic nitrogens is 2. The molecule has 1 aliphatic carbocycles. The molecule has 2 aromatic heterocycles. The largest absolute Gasteiger partial charge is 0.391 e. The van der Waals surface area contributed by atoms with Crippen LogP contribution < -0.4 is 0 Å². The molecule has 2 atom stereocenters. The Morgan fingerprint density at radius 2 is 2.07 bits per heavy atom. The standard InChI is InChI=1S/C21H21N3O3/c25-19-12-24(21(26)20-10-18(23-27-20)13-5-6-13)11-15(19)9-14-7-8-22-17-4-2-1-3-16(14)17/h1-4,7-8,10,13,15,19,25H,5-6,9,11-12H2/t15-,19-/m1/s1. The molecular weight excluding hydrogens is 342 g/mol. The summed E-state index contributed by atoms with van der Waals surface area (Å²) in [5, 5.41) is 15.7. The van der Waals surface area contributed by atoms with E-state index in [9.17, 15) is 9.90 Å². The van der Waals surface area contributed by atoms with E-state index >= 15 is 0 Å². The lowest BCUT2D eigenvalue weighted by molar-refractivity contribution is 0.0724. The zero-order valence-electron chi connectivity index (χ0n) is 14.9. The number of nitrogens with zero attached hydrogens (tertiary/aromatic N) is 3. The molecule has 1 N–H and O–H groups in total. The summed E-state index contributed by atoms with van der Waals surface area (Å²) in [5.74, 6) is 0.535. The number of para-hydroxylation sites is 1. The number of pyridine rings is 1. The maximum Gasteiger partial charge on any atom is 0.292 e. The van der Waals surface area contributed by atoms with E-state index in [-0.39, 0.29) is 17.6 Å². The van der Waals surface area contributed by atoms with Crippen molar-refractivity contribution in [1.29, 1.82) is 0 Å². The minimum atomic E-state index is -0.549. The lowest BCUT2D eigenvalue weighted by Gasteiger charge is -2.15. The molecule has 6 heteroatoms. The van der Waals surface area contributed by atoms with E-state index in [1.165, 1.54) is 0 Å². The molecule has 5 rings (SSSR count). The van der Waals surface area contributed by atoms with Gasteiger partial charge in [0.15, 0.2) is 0 Å². The molecule has 1 amide bonds. The molecule has 1 aromatic carbocycles. The first-order valence-electron chi connectivity index (χ1n) is 9.45. The highest BCUT2D eigenvalue weighted by Crippen LogP contribution is 2.39. The van der Waals surface area contributed by atoms with Crippen LogP contribution in [-0.4, -0.2) is 45.2 Å². The highest BCUT2D eigenvalue weighted by atomic mass is 16.5. The Kier molecular flexibility index (Phi) is 3.93. The summed E-state index contributed by atoms with van der Waals surface area (Å²) in [4.78, 5) is 18.8. The highest BCUT2D eigenvalue weighted by molar-refractivity contribution is 5.91. The monoisotopic (exact) mass is 363 g/mol. The number of benzene rings is 1. The Morgan fingerprint density at radius 3 is 2.93 bits per heavy atom. The quantitative estimate of drug-likeness (QED) is 0.771. The van der Waals surface area contributed by atoms with Crippen LogP contribution in [0.25, 0.3) is 10.9 Å². The number of carbonyl (C=O) groups is 1. The van der Waals surface area contributed by atoms with Crippen LogP contribution in [-0.2, 0) is 6.42 Å². The molecule has 2 fully saturated rings. The van der Waals surface area contributed by atoms with Gasteiger partial charge in [0.2, 0.25) is 5.76 Å². The van der Waals surface area contributed by atoms with Crippen molar-refractivity contribution in [1.82, 2.24) is 15.0 Å². The third-order valence-electron chi connectivity index (χ3n) is 5.65. The maximum atomic E-state index is 12.7. The SMILES string of the molecule is O=C(c1cc(C2CC2)no1)N1C[C@@H](Cc2ccnc3ccccc23)[C@H](O)C1. The van der Waals surface area contributed by atoms with Gasteiger partial charge in [-0.3, -0.25) is 9.78 Å². The van der Waals surface area contributed by atoms with E-state index in [0.717, 1.165) is 35.0 Å². The highest BCUT2D eigenvalue weighted by Gasteiger charge is 2.36. The van der Waals surface area contributed by atoms with Gasteiger partial charge in [0.1, 0.15) is 0 Å². The fourth-order valence-electron chi connectivity index (χ4n) is 3.95. The average molecular weight is 363 g/mol. The van der Waals surface area contributed by atoms with Gasteiger partial charge < -0.3 is 14.5 Å². The number of β-amino-alcohol motifs (C(OH)–C–C–N with tert-alkyl or cyclic N) is 1. The molecule has 1 aliphatic heterocycles. The van der Waals surface area contributed by atoms with Crippen molar-refractivity contribution in [3.63, 3.8) is 0 Å². The molecule has 0 bridgehead atoms. The van der Waals surface area contributed by atoms with Crippen LogP contribution >= 0.6 is 0 Å². The van der Waals surface area contributed by atoms with Crippen LogP contribution in [0.5, 0.6) is 0 Å². The van der Waals surface area contributed by atoms with Gasteiger partial charge in [-0.15, -0.1) is 0 Å². The smallest absolute Gasteiger partial charge is 0.292 e.